The molecule has 0 radical (unpaired) electrons. The topological polar surface area (TPSA) is 32.7 Å². The first-order chi connectivity index (χ1) is 9.22. The normalized spacial score (nSPS) is 17.7. The van der Waals surface area contributed by atoms with Gasteiger partial charge < -0.3 is 14.7 Å². The maximum atomic E-state index is 9.52. The fourth-order valence-electron chi connectivity index (χ4n) is 2.51. The number of fused-ring (bicyclic) bond motifs is 1. The molecule has 1 unspecified atom stereocenters. The SMILES string of the molecule is CN1CC(Cc2ccccc2)Oc2ccc(O)cc21. The molecule has 2 aromatic carbocycles. The first kappa shape index (κ1) is 11.9. The minimum Gasteiger partial charge on any atom is -0.508 e. The van der Waals surface area contributed by atoms with Crippen LogP contribution in [0.15, 0.2) is 48.5 Å². The van der Waals surface area contributed by atoms with E-state index in [9.17, 15) is 5.11 Å². The molecule has 98 valence electrons. The summed E-state index contributed by atoms with van der Waals surface area (Å²) in [5.74, 6) is 1.11. The number of nitrogens with zero attached hydrogens (tertiary/aromatic N) is 1. The third-order valence-corrected chi connectivity index (χ3v) is 3.43. The van der Waals surface area contributed by atoms with Crippen LogP contribution in [0.3, 0.4) is 0 Å². The largest absolute Gasteiger partial charge is 0.508 e. The van der Waals surface area contributed by atoms with Crippen LogP contribution in [0.4, 0.5) is 5.69 Å². The summed E-state index contributed by atoms with van der Waals surface area (Å²) in [6.45, 7) is 0.825. The molecule has 1 aliphatic rings. The first-order valence-electron chi connectivity index (χ1n) is 6.47. The average Bonchev–Trinajstić information content (AvgIpc) is 2.41. The van der Waals surface area contributed by atoms with Crippen molar-refractivity contribution in [2.24, 2.45) is 0 Å². The number of aromatic hydroxyl groups is 1. The predicted molar refractivity (Wildman–Crippen MR) is 75.9 cm³/mol. The lowest BCUT2D eigenvalue weighted by Gasteiger charge is -2.34. The van der Waals surface area contributed by atoms with E-state index in [-0.39, 0.29) is 11.9 Å². The van der Waals surface area contributed by atoms with E-state index in [0.29, 0.717) is 0 Å². The van der Waals surface area contributed by atoms with Gasteiger partial charge in [-0.1, -0.05) is 30.3 Å². The zero-order chi connectivity index (χ0) is 13.2. The molecule has 0 spiro atoms. The lowest BCUT2D eigenvalue weighted by atomic mass is 10.1. The van der Waals surface area contributed by atoms with Crippen LogP contribution in [0, 0.1) is 0 Å². The molecule has 1 N–H and O–H groups in total. The number of anilines is 1. The summed E-state index contributed by atoms with van der Waals surface area (Å²) in [7, 11) is 2.03. The van der Waals surface area contributed by atoms with Gasteiger partial charge in [0, 0.05) is 19.5 Å². The zero-order valence-electron chi connectivity index (χ0n) is 10.9. The van der Waals surface area contributed by atoms with Crippen molar-refractivity contribution in [3.63, 3.8) is 0 Å². The third-order valence-electron chi connectivity index (χ3n) is 3.43. The van der Waals surface area contributed by atoms with Crippen LogP contribution < -0.4 is 9.64 Å². The average molecular weight is 255 g/mol. The van der Waals surface area contributed by atoms with Crippen LogP contribution in [-0.2, 0) is 6.42 Å². The molecular formula is C16H17NO2. The van der Waals surface area contributed by atoms with Gasteiger partial charge in [-0.2, -0.15) is 0 Å². The van der Waals surface area contributed by atoms with Crippen molar-refractivity contribution in [3.8, 4) is 11.5 Å². The molecule has 1 heterocycles. The van der Waals surface area contributed by atoms with Gasteiger partial charge in [0.1, 0.15) is 17.6 Å². The Morgan fingerprint density at radius 3 is 2.79 bits per heavy atom. The number of phenolic OH excluding ortho intramolecular Hbond substituents is 1. The Morgan fingerprint density at radius 2 is 2.00 bits per heavy atom. The Morgan fingerprint density at radius 1 is 1.21 bits per heavy atom. The highest BCUT2D eigenvalue weighted by Gasteiger charge is 2.23. The zero-order valence-corrected chi connectivity index (χ0v) is 10.9. The number of hydrogen-bond donors (Lipinski definition) is 1. The molecule has 1 atom stereocenters. The molecule has 0 bridgehead atoms. The predicted octanol–water partition coefficient (Wildman–Crippen LogP) is 2.83. The van der Waals surface area contributed by atoms with Gasteiger partial charge in [0.25, 0.3) is 0 Å². The molecule has 0 saturated carbocycles. The van der Waals surface area contributed by atoms with Gasteiger partial charge in [-0.3, -0.25) is 0 Å². The number of hydrogen-bond acceptors (Lipinski definition) is 3. The molecule has 0 aliphatic carbocycles. The van der Waals surface area contributed by atoms with E-state index in [1.807, 2.05) is 31.3 Å². The number of phenols is 1. The van der Waals surface area contributed by atoms with E-state index in [1.54, 1.807) is 12.1 Å². The Bertz CT molecular complexity index is 568. The fourth-order valence-corrected chi connectivity index (χ4v) is 2.51. The van der Waals surface area contributed by atoms with Crippen molar-refractivity contribution >= 4 is 5.69 Å². The van der Waals surface area contributed by atoms with Crippen molar-refractivity contribution in [3.05, 3.63) is 54.1 Å². The molecule has 3 heteroatoms. The lowest BCUT2D eigenvalue weighted by Crippen LogP contribution is -2.38. The molecular weight excluding hydrogens is 238 g/mol. The molecule has 0 aromatic heterocycles. The molecule has 1 aliphatic heterocycles. The van der Waals surface area contributed by atoms with E-state index in [4.69, 9.17) is 4.74 Å². The van der Waals surface area contributed by atoms with Gasteiger partial charge in [-0.15, -0.1) is 0 Å². The third kappa shape index (κ3) is 2.50. The van der Waals surface area contributed by atoms with E-state index in [1.165, 1.54) is 5.56 Å². The second-order valence-electron chi connectivity index (χ2n) is 4.96. The molecule has 3 nitrogen and oxygen atoms in total. The standard InChI is InChI=1S/C16H17NO2/c1-17-11-14(9-12-5-3-2-4-6-12)19-16-8-7-13(18)10-15(16)17/h2-8,10,14,18H,9,11H2,1H3. The van der Waals surface area contributed by atoms with Crippen molar-refractivity contribution in [1.82, 2.24) is 0 Å². The van der Waals surface area contributed by atoms with Crippen LogP contribution in [0.25, 0.3) is 0 Å². The van der Waals surface area contributed by atoms with Gasteiger partial charge >= 0.3 is 0 Å². The van der Waals surface area contributed by atoms with E-state index < -0.39 is 0 Å². The Hall–Kier alpha value is -2.16. The molecule has 0 fully saturated rings. The van der Waals surface area contributed by atoms with Gasteiger partial charge in [-0.25, -0.2) is 0 Å². The number of benzene rings is 2. The van der Waals surface area contributed by atoms with Crippen molar-refractivity contribution in [2.45, 2.75) is 12.5 Å². The second kappa shape index (κ2) is 4.84. The molecule has 0 saturated heterocycles. The maximum Gasteiger partial charge on any atom is 0.143 e. The maximum absolute atomic E-state index is 9.52. The van der Waals surface area contributed by atoms with Crippen molar-refractivity contribution in [1.29, 1.82) is 0 Å². The highest BCUT2D eigenvalue weighted by Crippen LogP contribution is 2.35. The molecule has 0 amide bonds. The summed E-state index contributed by atoms with van der Waals surface area (Å²) in [5, 5.41) is 9.52. The smallest absolute Gasteiger partial charge is 0.143 e. The lowest BCUT2D eigenvalue weighted by molar-refractivity contribution is 0.196. The number of rotatable bonds is 2. The summed E-state index contributed by atoms with van der Waals surface area (Å²) < 4.78 is 6.01. The van der Waals surface area contributed by atoms with Crippen LogP contribution in [-0.4, -0.2) is 24.8 Å². The highest BCUT2D eigenvalue weighted by atomic mass is 16.5. The quantitative estimate of drug-likeness (QED) is 0.895. The van der Waals surface area contributed by atoms with E-state index >= 15 is 0 Å². The van der Waals surface area contributed by atoms with Gasteiger partial charge in [0.2, 0.25) is 0 Å². The summed E-state index contributed by atoms with van der Waals surface area (Å²) in [5.41, 5.74) is 2.23. The van der Waals surface area contributed by atoms with Gasteiger partial charge in [0.05, 0.1) is 12.2 Å². The highest BCUT2D eigenvalue weighted by molar-refractivity contribution is 5.62. The summed E-state index contributed by atoms with van der Waals surface area (Å²) >= 11 is 0. The van der Waals surface area contributed by atoms with E-state index in [2.05, 4.69) is 17.0 Å². The Balaban J connectivity index is 1.80. The number of ether oxygens (including phenoxy) is 1. The summed E-state index contributed by atoms with van der Waals surface area (Å²) in [4.78, 5) is 2.13. The molecule has 3 rings (SSSR count). The van der Waals surface area contributed by atoms with Gasteiger partial charge in [-0.05, 0) is 17.7 Å². The van der Waals surface area contributed by atoms with Crippen molar-refractivity contribution in [2.75, 3.05) is 18.5 Å². The Kier molecular flexibility index (Phi) is 3.03. The van der Waals surface area contributed by atoms with Gasteiger partial charge in [0.15, 0.2) is 0 Å². The first-order valence-corrected chi connectivity index (χ1v) is 6.47. The van der Waals surface area contributed by atoms with Crippen LogP contribution in [0.2, 0.25) is 0 Å². The fraction of sp³-hybridized carbons (Fsp3) is 0.250. The summed E-state index contributed by atoms with van der Waals surface area (Å²) in [6.07, 6.45) is 1.04. The van der Waals surface area contributed by atoms with Crippen molar-refractivity contribution < 1.29 is 9.84 Å². The minimum absolute atomic E-state index is 0.143. The number of likely N-dealkylation sites (N-methyl/N-ethyl adjacent to an activating group) is 1. The minimum atomic E-state index is 0.143. The van der Waals surface area contributed by atoms with Crippen LogP contribution in [0.1, 0.15) is 5.56 Å². The molecule has 2 aromatic rings. The monoisotopic (exact) mass is 255 g/mol. The Labute approximate surface area is 113 Å². The second-order valence-corrected chi connectivity index (χ2v) is 4.96. The van der Waals surface area contributed by atoms with Crippen LogP contribution >= 0.6 is 0 Å². The van der Waals surface area contributed by atoms with E-state index in [0.717, 1.165) is 24.4 Å². The molecule has 19 heavy (non-hydrogen) atoms. The summed E-state index contributed by atoms with van der Waals surface area (Å²) in [6, 6.07) is 15.6. The van der Waals surface area contributed by atoms with Crippen LogP contribution in [0.5, 0.6) is 11.5 Å².